The number of anilines is 1. The lowest BCUT2D eigenvalue weighted by molar-refractivity contribution is -0.384. The van der Waals surface area contributed by atoms with Gasteiger partial charge >= 0.3 is 0 Å². The molecule has 2 heterocycles. The van der Waals surface area contributed by atoms with Crippen molar-refractivity contribution >= 4 is 60.4 Å². The Morgan fingerprint density at radius 2 is 2.14 bits per heavy atom. The molecule has 0 spiro atoms. The SMILES string of the molecule is Cc1nc(NS(=O)(=O)c2cc([N+](=O)[O-])c(Cl)s2)ccc1Br. The summed E-state index contributed by atoms with van der Waals surface area (Å²) in [6.45, 7) is 1.70. The predicted molar refractivity (Wildman–Crippen MR) is 83.5 cm³/mol. The molecule has 0 fully saturated rings. The average Bonchev–Trinajstić information content (AvgIpc) is 2.77. The maximum absolute atomic E-state index is 12.2. The fraction of sp³-hybridized carbons (Fsp3) is 0.100. The van der Waals surface area contributed by atoms with E-state index in [1.807, 2.05) is 0 Å². The number of nitrogens with one attached hydrogen (secondary N) is 1. The van der Waals surface area contributed by atoms with Gasteiger partial charge in [-0.3, -0.25) is 14.8 Å². The highest BCUT2D eigenvalue weighted by molar-refractivity contribution is 9.10. The fourth-order valence-corrected chi connectivity index (χ4v) is 4.27. The third-order valence-corrected chi connectivity index (χ3v) is 6.37. The second kappa shape index (κ2) is 5.87. The molecule has 0 unspecified atom stereocenters. The lowest BCUT2D eigenvalue weighted by Crippen LogP contribution is -2.12. The normalized spacial score (nSPS) is 11.4. The molecule has 0 amide bonds. The van der Waals surface area contributed by atoms with E-state index in [0.29, 0.717) is 17.0 Å². The summed E-state index contributed by atoms with van der Waals surface area (Å²) in [7, 11) is -3.98. The summed E-state index contributed by atoms with van der Waals surface area (Å²) >= 11 is 9.52. The summed E-state index contributed by atoms with van der Waals surface area (Å²) in [5, 5.41) is 10.7. The molecule has 11 heteroatoms. The van der Waals surface area contributed by atoms with Crippen LogP contribution in [0, 0.1) is 17.0 Å². The van der Waals surface area contributed by atoms with Crippen molar-refractivity contribution in [3.05, 3.63) is 42.8 Å². The smallest absolute Gasteiger partial charge is 0.263 e. The van der Waals surface area contributed by atoms with E-state index in [9.17, 15) is 18.5 Å². The Labute approximate surface area is 137 Å². The second-order valence-electron chi connectivity index (χ2n) is 3.85. The van der Waals surface area contributed by atoms with Gasteiger partial charge in [-0.05, 0) is 35.0 Å². The number of nitrogens with zero attached hydrogens (tertiary/aromatic N) is 2. The molecule has 0 aliphatic carbocycles. The Morgan fingerprint density at radius 3 is 2.67 bits per heavy atom. The quantitative estimate of drug-likeness (QED) is 0.611. The largest absolute Gasteiger partial charge is 0.300 e. The van der Waals surface area contributed by atoms with Gasteiger partial charge < -0.3 is 0 Å². The fourth-order valence-electron chi connectivity index (χ4n) is 1.38. The molecular weight excluding hydrogens is 406 g/mol. The molecule has 1 N–H and O–H groups in total. The topological polar surface area (TPSA) is 102 Å². The number of hydrogen-bond acceptors (Lipinski definition) is 6. The zero-order valence-electron chi connectivity index (χ0n) is 10.3. The Bertz CT molecular complexity index is 822. The van der Waals surface area contributed by atoms with Crippen molar-refractivity contribution in [3.63, 3.8) is 0 Å². The van der Waals surface area contributed by atoms with E-state index in [0.717, 1.165) is 10.5 Å². The van der Waals surface area contributed by atoms with Crippen LogP contribution in [0.1, 0.15) is 5.69 Å². The van der Waals surface area contributed by atoms with E-state index in [-0.39, 0.29) is 14.4 Å². The molecule has 112 valence electrons. The van der Waals surface area contributed by atoms with Crippen molar-refractivity contribution in [3.8, 4) is 0 Å². The van der Waals surface area contributed by atoms with Gasteiger partial charge in [0.1, 0.15) is 10.0 Å². The van der Waals surface area contributed by atoms with Crippen LogP contribution in [0.3, 0.4) is 0 Å². The molecule has 7 nitrogen and oxygen atoms in total. The van der Waals surface area contributed by atoms with E-state index in [2.05, 4.69) is 25.6 Å². The zero-order valence-corrected chi connectivity index (χ0v) is 14.3. The van der Waals surface area contributed by atoms with E-state index < -0.39 is 20.6 Å². The minimum absolute atomic E-state index is 0.114. The maximum Gasteiger partial charge on any atom is 0.300 e. The number of aromatic nitrogens is 1. The van der Waals surface area contributed by atoms with Gasteiger partial charge in [0, 0.05) is 10.5 Å². The van der Waals surface area contributed by atoms with Gasteiger partial charge in [-0.1, -0.05) is 11.6 Å². The van der Waals surface area contributed by atoms with Crippen LogP contribution >= 0.6 is 38.9 Å². The number of pyridine rings is 1. The van der Waals surface area contributed by atoms with Gasteiger partial charge in [0.25, 0.3) is 15.7 Å². The minimum Gasteiger partial charge on any atom is -0.263 e. The van der Waals surface area contributed by atoms with Crippen molar-refractivity contribution in [1.29, 1.82) is 0 Å². The average molecular weight is 413 g/mol. The molecule has 0 saturated carbocycles. The highest BCUT2D eigenvalue weighted by atomic mass is 79.9. The lowest BCUT2D eigenvalue weighted by Gasteiger charge is -2.06. The molecule has 0 aliphatic heterocycles. The number of sulfonamides is 1. The van der Waals surface area contributed by atoms with E-state index in [1.54, 1.807) is 13.0 Å². The standard InChI is InChI=1S/C10H7BrClN3O4S2/c1-5-6(11)2-3-8(13-5)14-21(18,19)9-4-7(15(16)17)10(12)20-9/h2-4H,1H3,(H,13,14). The molecule has 0 aromatic carbocycles. The molecule has 2 aromatic rings. The summed E-state index contributed by atoms with van der Waals surface area (Å²) in [6.07, 6.45) is 0. The van der Waals surface area contributed by atoms with Crippen LogP contribution in [-0.4, -0.2) is 18.3 Å². The van der Waals surface area contributed by atoms with Crippen molar-refractivity contribution < 1.29 is 13.3 Å². The zero-order chi connectivity index (χ0) is 15.8. The van der Waals surface area contributed by atoms with Crippen LogP contribution in [0.25, 0.3) is 0 Å². The molecule has 0 radical (unpaired) electrons. The summed E-state index contributed by atoms with van der Waals surface area (Å²) in [6, 6.07) is 4.03. The first-order valence-electron chi connectivity index (χ1n) is 5.30. The molecular formula is C10H7BrClN3O4S2. The second-order valence-corrected chi connectivity index (χ2v) is 8.27. The van der Waals surface area contributed by atoms with Crippen LogP contribution in [0.5, 0.6) is 0 Å². The van der Waals surface area contributed by atoms with Gasteiger partial charge in [-0.2, -0.15) is 0 Å². The van der Waals surface area contributed by atoms with Gasteiger partial charge in [0.05, 0.1) is 10.6 Å². The summed E-state index contributed by atoms with van der Waals surface area (Å²) < 4.78 is 26.8. The third-order valence-electron chi connectivity index (χ3n) is 2.37. The first-order chi connectivity index (χ1) is 9.70. The number of thiophene rings is 1. The Balaban J connectivity index is 2.36. The molecule has 0 bridgehead atoms. The summed E-state index contributed by atoms with van der Waals surface area (Å²) in [5.41, 5.74) is 0.160. The monoisotopic (exact) mass is 411 g/mol. The Hall–Kier alpha value is -1.23. The first kappa shape index (κ1) is 16.1. The predicted octanol–water partition coefficient (Wildman–Crippen LogP) is 3.58. The van der Waals surface area contributed by atoms with Crippen LogP contribution in [0.2, 0.25) is 4.34 Å². The number of hydrogen-bond donors (Lipinski definition) is 1. The first-order valence-corrected chi connectivity index (χ1v) is 8.77. The van der Waals surface area contributed by atoms with Crippen LogP contribution in [-0.2, 0) is 10.0 Å². The van der Waals surface area contributed by atoms with Gasteiger partial charge in [-0.25, -0.2) is 13.4 Å². The molecule has 0 aliphatic rings. The number of nitro groups is 1. The molecule has 0 saturated heterocycles. The number of aryl methyl sites for hydroxylation is 1. The maximum atomic E-state index is 12.2. The minimum atomic E-state index is -3.98. The van der Waals surface area contributed by atoms with Crippen molar-refractivity contribution in [2.45, 2.75) is 11.1 Å². The van der Waals surface area contributed by atoms with Crippen LogP contribution < -0.4 is 4.72 Å². The highest BCUT2D eigenvalue weighted by Crippen LogP contribution is 2.36. The highest BCUT2D eigenvalue weighted by Gasteiger charge is 2.25. The summed E-state index contributed by atoms with van der Waals surface area (Å²) in [5.74, 6) is 0.114. The lowest BCUT2D eigenvalue weighted by atomic mass is 10.4. The van der Waals surface area contributed by atoms with Crippen molar-refractivity contribution in [1.82, 2.24) is 4.98 Å². The number of halogens is 2. The Kier molecular flexibility index (Phi) is 4.51. The summed E-state index contributed by atoms with van der Waals surface area (Å²) in [4.78, 5) is 14.0. The third kappa shape index (κ3) is 3.51. The van der Waals surface area contributed by atoms with Crippen molar-refractivity contribution in [2.24, 2.45) is 0 Å². The van der Waals surface area contributed by atoms with Crippen molar-refractivity contribution in [2.75, 3.05) is 4.72 Å². The van der Waals surface area contributed by atoms with E-state index >= 15 is 0 Å². The van der Waals surface area contributed by atoms with Gasteiger partial charge in [0.2, 0.25) is 0 Å². The van der Waals surface area contributed by atoms with Crippen LogP contribution in [0.15, 0.2) is 26.9 Å². The van der Waals surface area contributed by atoms with E-state index in [4.69, 9.17) is 11.6 Å². The van der Waals surface area contributed by atoms with Gasteiger partial charge in [0.15, 0.2) is 4.34 Å². The molecule has 2 aromatic heterocycles. The van der Waals surface area contributed by atoms with Gasteiger partial charge in [-0.15, -0.1) is 11.3 Å². The molecule has 0 atom stereocenters. The molecule has 21 heavy (non-hydrogen) atoms. The number of rotatable bonds is 4. The van der Waals surface area contributed by atoms with E-state index in [1.165, 1.54) is 6.07 Å². The Morgan fingerprint density at radius 1 is 1.48 bits per heavy atom. The molecule has 2 rings (SSSR count). The van der Waals surface area contributed by atoms with Crippen LogP contribution in [0.4, 0.5) is 11.5 Å².